The molecule has 1 aliphatic rings. The van der Waals surface area contributed by atoms with Crippen LogP contribution >= 0.6 is 0 Å². The average molecular weight is 472 g/mol. The number of carbonyl (C=O) groups excluding carboxylic acids is 2. The maximum atomic E-state index is 13.4. The molecule has 2 amide bonds. The van der Waals surface area contributed by atoms with Gasteiger partial charge in [-0.05, 0) is 42.7 Å². The zero-order valence-corrected chi connectivity index (χ0v) is 20.5. The fourth-order valence-electron chi connectivity index (χ4n) is 4.17. The third kappa shape index (κ3) is 6.55. The summed E-state index contributed by atoms with van der Waals surface area (Å²) in [7, 11) is 3.41. The minimum absolute atomic E-state index is 0.00506. The fraction of sp³-hybridized carbons (Fsp3) is 0.462. The van der Waals surface area contributed by atoms with Crippen LogP contribution in [0.4, 0.5) is 10.1 Å². The van der Waals surface area contributed by atoms with Gasteiger partial charge in [0.15, 0.2) is 0 Å². The number of fused-ring (bicyclic) bond motifs is 1. The van der Waals surface area contributed by atoms with Gasteiger partial charge in [-0.1, -0.05) is 19.1 Å². The molecule has 184 valence electrons. The first-order chi connectivity index (χ1) is 16.2. The van der Waals surface area contributed by atoms with Gasteiger partial charge < -0.3 is 19.7 Å². The monoisotopic (exact) mass is 471 g/mol. The largest absolute Gasteiger partial charge is 0.491 e. The summed E-state index contributed by atoms with van der Waals surface area (Å²) in [6, 6.07) is 11.6. The molecule has 8 heteroatoms. The molecule has 0 spiro atoms. The fourth-order valence-corrected chi connectivity index (χ4v) is 4.17. The lowest BCUT2D eigenvalue weighted by Gasteiger charge is -2.36. The standard InChI is InChI=1S/C26H34FN3O4/c1-17-13-30(14-20-6-8-21(27)9-7-20)18(2)16-34-24-12-22(28-19(3)31)10-11-23(24)26(32)29(4)15-25(17)33-5/h6-12,17-18,25H,13-16H2,1-5H3,(H,28,31)/t17-,18-,25-/m0/s1. The Morgan fingerprint density at radius 3 is 2.53 bits per heavy atom. The smallest absolute Gasteiger partial charge is 0.257 e. The van der Waals surface area contributed by atoms with Crippen LogP contribution < -0.4 is 10.1 Å². The maximum absolute atomic E-state index is 13.4. The van der Waals surface area contributed by atoms with E-state index < -0.39 is 0 Å². The van der Waals surface area contributed by atoms with Crippen LogP contribution in [0, 0.1) is 11.7 Å². The summed E-state index contributed by atoms with van der Waals surface area (Å²) in [4.78, 5) is 28.7. The summed E-state index contributed by atoms with van der Waals surface area (Å²) in [5, 5.41) is 2.74. The molecule has 2 aromatic carbocycles. The molecule has 3 atom stereocenters. The quantitative estimate of drug-likeness (QED) is 0.735. The highest BCUT2D eigenvalue weighted by atomic mass is 19.1. The highest BCUT2D eigenvalue weighted by Gasteiger charge is 2.28. The minimum Gasteiger partial charge on any atom is -0.491 e. The molecule has 1 N–H and O–H groups in total. The number of amides is 2. The lowest BCUT2D eigenvalue weighted by molar-refractivity contribution is -0.114. The van der Waals surface area contributed by atoms with Crippen molar-refractivity contribution in [3.05, 3.63) is 59.4 Å². The molecule has 0 aromatic heterocycles. The summed E-state index contributed by atoms with van der Waals surface area (Å²) in [5.74, 6) is -0.0910. The predicted molar refractivity (Wildman–Crippen MR) is 129 cm³/mol. The van der Waals surface area contributed by atoms with Crippen LogP contribution in [0.5, 0.6) is 5.75 Å². The first-order valence-electron chi connectivity index (χ1n) is 11.5. The Morgan fingerprint density at radius 2 is 1.88 bits per heavy atom. The second-order valence-corrected chi connectivity index (χ2v) is 9.05. The average Bonchev–Trinajstić information content (AvgIpc) is 2.80. The number of nitrogens with one attached hydrogen (secondary N) is 1. The highest BCUT2D eigenvalue weighted by molar-refractivity contribution is 5.98. The Kier molecular flexibility index (Phi) is 8.63. The van der Waals surface area contributed by atoms with Gasteiger partial charge in [-0.3, -0.25) is 14.5 Å². The molecule has 0 saturated carbocycles. The lowest BCUT2D eigenvalue weighted by Crippen LogP contribution is -2.46. The maximum Gasteiger partial charge on any atom is 0.257 e. The van der Waals surface area contributed by atoms with Crippen LogP contribution in [0.15, 0.2) is 42.5 Å². The molecule has 0 aliphatic carbocycles. The number of methoxy groups -OCH3 is 1. The Bertz CT molecular complexity index is 998. The molecule has 1 heterocycles. The van der Waals surface area contributed by atoms with E-state index in [0.717, 1.165) is 5.56 Å². The van der Waals surface area contributed by atoms with Crippen molar-refractivity contribution in [2.45, 2.75) is 39.5 Å². The number of halogens is 1. The molecule has 0 bridgehead atoms. The van der Waals surface area contributed by atoms with Crippen molar-refractivity contribution in [3.63, 3.8) is 0 Å². The molecule has 34 heavy (non-hydrogen) atoms. The first kappa shape index (κ1) is 25.6. The van der Waals surface area contributed by atoms with Gasteiger partial charge in [0.25, 0.3) is 5.91 Å². The second-order valence-electron chi connectivity index (χ2n) is 9.05. The zero-order chi connectivity index (χ0) is 24.8. The summed E-state index contributed by atoms with van der Waals surface area (Å²) in [6.07, 6.45) is -0.167. The molecular formula is C26H34FN3O4. The van der Waals surface area contributed by atoms with Gasteiger partial charge in [0.2, 0.25) is 5.91 Å². The summed E-state index contributed by atoms with van der Waals surface area (Å²) < 4.78 is 25.3. The topological polar surface area (TPSA) is 71.1 Å². The van der Waals surface area contributed by atoms with Gasteiger partial charge in [-0.2, -0.15) is 0 Å². The van der Waals surface area contributed by atoms with E-state index in [1.807, 2.05) is 0 Å². The van der Waals surface area contributed by atoms with Gasteiger partial charge in [-0.15, -0.1) is 0 Å². The number of hydrogen-bond donors (Lipinski definition) is 1. The summed E-state index contributed by atoms with van der Waals surface area (Å²) in [5.41, 5.74) is 1.99. The number of carbonyl (C=O) groups is 2. The summed E-state index contributed by atoms with van der Waals surface area (Å²) in [6.45, 7) is 7.69. The Labute approximate surface area is 200 Å². The van der Waals surface area contributed by atoms with Gasteiger partial charge in [0.05, 0.1) is 11.7 Å². The Balaban J connectivity index is 1.94. The molecule has 0 unspecified atom stereocenters. The van der Waals surface area contributed by atoms with E-state index >= 15 is 0 Å². The lowest BCUT2D eigenvalue weighted by atomic mass is 10.0. The van der Waals surface area contributed by atoms with Crippen molar-refractivity contribution < 1.29 is 23.5 Å². The van der Waals surface area contributed by atoms with Crippen LogP contribution in [-0.4, -0.2) is 67.6 Å². The number of likely N-dealkylation sites (N-methyl/N-ethyl adjacent to an activating group) is 1. The summed E-state index contributed by atoms with van der Waals surface area (Å²) >= 11 is 0. The Morgan fingerprint density at radius 1 is 1.18 bits per heavy atom. The van der Waals surface area contributed by atoms with Crippen LogP contribution in [-0.2, 0) is 16.1 Å². The van der Waals surface area contributed by atoms with Crippen LogP contribution in [0.3, 0.4) is 0 Å². The van der Waals surface area contributed by atoms with E-state index in [4.69, 9.17) is 9.47 Å². The number of benzene rings is 2. The van der Waals surface area contributed by atoms with Crippen LogP contribution in [0.2, 0.25) is 0 Å². The van der Waals surface area contributed by atoms with Crippen molar-refractivity contribution in [3.8, 4) is 5.75 Å². The number of ether oxygens (including phenoxy) is 2. The van der Waals surface area contributed by atoms with Crippen molar-refractivity contribution in [1.29, 1.82) is 0 Å². The van der Waals surface area contributed by atoms with Gasteiger partial charge in [0.1, 0.15) is 18.2 Å². The van der Waals surface area contributed by atoms with Crippen molar-refractivity contribution in [2.75, 3.05) is 39.2 Å². The van der Waals surface area contributed by atoms with Crippen molar-refractivity contribution in [2.24, 2.45) is 5.92 Å². The highest BCUT2D eigenvalue weighted by Crippen LogP contribution is 2.27. The second kappa shape index (κ2) is 11.4. The number of rotatable bonds is 4. The third-order valence-electron chi connectivity index (χ3n) is 6.20. The number of anilines is 1. The zero-order valence-electron chi connectivity index (χ0n) is 20.5. The third-order valence-corrected chi connectivity index (χ3v) is 6.20. The minimum atomic E-state index is -0.263. The molecule has 7 nitrogen and oxygen atoms in total. The molecule has 2 aromatic rings. The van der Waals surface area contributed by atoms with E-state index in [2.05, 4.69) is 24.1 Å². The van der Waals surface area contributed by atoms with E-state index in [1.165, 1.54) is 19.1 Å². The van der Waals surface area contributed by atoms with Crippen molar-refractivity contribution in [1.82, 2.24) is 9.80 Å². The van der Waals surface area contributed by atoms with Gasteiger partial charge in [-0.25, -0.2) is 4.39 Å². The number of hydrogen-bond acceptors (Lipinski definition) is 5. The molecule has 0 fully saturated rings. The molecular weight excluding hydrogens is 437 g/mol. The van der Waals surface area contributed by atoms with Crippen LogP contribution in [0.25, 0.3) is 0 Å². The van der Waals surface area contributed by atoms with E-state index in [9.17, 15) is 14.0 Å². The molecule has 1 aliphatic heterocycles. The molecule has 3 rings (SSSR count). The van der Waals surface area contributed by atoms with E-state index in [1.54, 1.807) is 49.4 Å². The molecule has 0 saturated heterocycles. The number of nitrogens with zero attached hydrogens (tertiary/aromatic N) is 2. The SMILES string of the molecule is CO[C@H]1CN(C)C(=O)c2ccc(NC(C)=O)cc2OC[C@H](C)N(Cc2ccc(F)cc2)C[C@@H]1C. The van der Waals surface area contributed by atoms with Gasteiger partial charge >= 0.3 is 0 Å². The molecule has 0 radical (unpaired) electrons. The predicted octanol–water partition coefficient (Wildman–Crippen LogP) is 3.79. The normalized spacial score (nSPS) is 22.2. The van der Waals surface area contributed by atoms with Crippen molar-refractivity contribution >= 4 is 17.5 Å². The van der Waals surface area contributed by atoms with E-state index in [-0.39, 0.29) is 35.7 Å². The first-order valence-corrected chi connectivity index (χ1v) is 11.5. The van der Waals surface area contributed by atoms with Crippen LogP contribution in [0.1, 0.15) is 36.7 Å². The van der Waals surface area contributed by atoms with Gasteiger partial charge in [0, 0.05) is 58.5 Å². The van der Waals surface area contributed by atoms with E-state index in [0.29, 0.717) is 43.2 Å². The Hall–Kier alpha value is -2.97.